The van der Waals surface area contributed by atoms with Crippen molar-refractivity contribution in [2.24, 2.45) is 5.73 Å². The maximum Gasteiger partial charge on any atom is 0.328 e. The number of nitrogens with one attached hydrogen (secondary N) is 1. The predicted octanol–water partition coefficient (Wildman–Crippen LogP) is -0.519. The van der Waals surface area contributed by atoms with Crippen molar-refractivity contribution in [2.75, 3.05) is 6.54 Å². The third-order valence-electron chi connectivity index (χ3n) is 1.10. The highest BCUT2D eigenvalue weighted by atomic mass is 16.4. The Labute approximate surface area is 76.6 Å². The molecule has 0 rings (SSSR count). The summed E-state index contributed by atoms with van der Waals surface area (Å²) in [7, 11) is 0. The highest BCUT2D eigenvalue weighted by Gasteiger charge is 2.10. The minimum Gasteiger partial charge on any atom is -0.478 e. The highest BCUT2D eigenvalue weighted by Crippen LogP contribution is 1.92. The molecule has 0 aliphatic carbocycles. The molecule has 0 unspecified atom stereocenters. The van der Waals surface area contributed by atoms with Gasteiger partial charge >= 0.3 is 5.97 Å². The van der Waals surface area contributed by atoms with Crippen LogP contribution in [0.15, 0.2) is 12.2 Å². The summed E-state index contributed by atoms with van der Waals surface area (Å²) < 4.78 is 0. The van der Waals surface area contributed by atoms with Gasteiger partial charge in [-0.15, -0.1) is 0 Å². The van der Waals surface area contributed by atoms with Crippen molar-refractivity contribution in [1.29, 1.82) is 0 Å². The molecule has 74 valence electrons. The second-order valence-corrected chi connectivity index (χ2v) is 3.38. The molecule has 0 spiro atoms. The molecule has 13 heavy (non-hydrogen) atoms. The molecular formula is C8H14N2O3. The van der Waals surface area contributed by atoms with Crippen molar-refractivity contribution >= 4 is 11.9 Å². The maximum atomic E-state index is 10.9. The summed E-state index contributed by atoms with van der Waals surface area (Å²) in [6.07, 6.45) is 1.73. The third kappa shape index (κ3) is 8.55. The monoisotopic (exact) mass is 186 g/mol. The van der Waals surface area contributed by atoms with Crippen LogP contribution in [0.3, 0.4) is 0 Å². The second-order valence-electron chi connectivity index (χ2n) is 3.38. The smallest absolute Gasteiger partial charge is 0.328 e. The van der Waals surface area contributed by atoms with Crippen LogP contribution in [0.2, 0.25) is 0 Å². The summed E-state index contributed by atoms with van der Waals surface area (Å²) in [5, 5.41) is 10.7. The molecule has 0 aliphatic heterocycles. The van der Waals surface area contributed by atoms with E-state index in [1.807, 2.05) is 0 Å². The number of hydrogen-bond acceptors (Lipinski definition) is 3. The summed E-state index contributed by atoms with van der Waals surface area (Å²) in [6, 6.07) is 0. The van der Waals surface area contributed by atoms with Gasteiger partial charge in [-0.1, -0.05) is 0 Å². The lowest BCUT2D eigenvalue weighted by molar-refractivity contribution is -0.131. The lowest BCUT2D eigenvalue weighted by atomic mass is 10.1. The molecule has 0 atom stereocenters. The van der Waals surface area contributed by atoms with E-state index in [0.29, 0.717) is 6.54 Å². The van der Waals surface area contributed by atoms with Crippen LogP contribution in [0.4, 0.5) is 0 Å². The van der Waals surface area contributed by atoms with Crippen molar-refractivity contribution in [1.82, 2.24) is 5.32 Å². The Hall–Kier alpha value is -1.36. The SMILES string of the molecule is CC(C)(N)CNC(=O)C=CC(=O)O. The average molecular weight is 186 g/mol. The van der Waals surface area contributed by atoms with E-state index < -0.39 is 17.4 Å². The summed E-state index contributed by atoms with van der Waals surface area (Å²) >= 11 is 0. The number of carbonyl (C=O) groups is 2. The van der Waals surface area contributed by atoms with Crippen LogP contribution in [-0.2, 0) is 9.59 Å². The van der Waals surface area contributed by atoms with Crippen LogP contribution in [-0.4, -0.2) is 29.1 Å². The lowest BCUT2D eigenvalue weighted by Gasteiger charge is -2.17. The number of carbonyl (C=O) groups excluding carboxylic acids is 1. The summed E-state index contributed by atoms with van der Waals surface area (Å²) in [4.78, 5) is 20.9. The average Bonchev–Trinajstić information content (AvgIpc) is 1.95. The molecule has 5 nitrogen and oxygen atoms in total. The van der Waals surface area contributed by atoms with E-state index in [-0.39, 0.29) is 0 Å². The first-order chi connectivity index (χ1) is 5.81. The van der Waals surface area contributed by atoms with E-state index in [4.69, 9.17) is 10.8 Å². The van der Waals surface area contributed by atoms with Crippen molar-refractivity contribution in [3.8, 4) is 0 Å². The highest BCUT2D eigenvalue weighted by molar-refractivity contribution is 5.93. The molecule has 0 radical (unpaired) electrons. The Kier molecular flexibility index (Phi) is 4.13. The largest absolute Gasteiger partial charge is 0.478 e. The van der Waals surface area contributed by atoms with Gasteiger partial charge in [-0.25, -0.2) is 4.79 Å². The van der Waals surface area contributed by atoms with Gasteiger partial charge in [-0.05, 0) is 13.8 Å². The van der Waals surface area contributed by atoms with E-state index in [2.05, 4.69) is 5.32 Å². The van der Waals surface area contributed by atoms with Crippen LogP contribution in [0.25, 0.3) is 0 Å². The Morgan fingerprint density at radius 3 is 2.38 bits per heavy atom. The van der Waals surface area contributed by atoms with Gasteiger partial charge in [0.25, 0.3) is 0 Å². The Balaban J connectivity index is 3.83. The Morgan fingerprint density at radius 1 is 1.46 bits per heavy atom. The van der Waals surface area contributed by atoms with Crippen molar-refractivity contribution in [3.63, 3.8) is 0 Å². The van der Waals surface area contributed by atoms with Crippen LogP contribution in [0, 0.1) is 0 Å². The maximum absolute atomic E-state index is 10.9. The predicted molar refractivity (Wildman–Crippen MR) is 48.1 cm³/mol. The van der Waals surface area contributed by atoms with Crippen molar-refractivity contribution in [2.45, 2.75) is 19.4 Å². The van der Waals surface area contributed by atoms with Gasteiger partial charge in [-0.3, -0.25) is 4.79 Å². The Bertz CT molecular complexity index is 228. The fraction of sp³-hybridized carbons (Fsp3) is 0.500. The van der Waals surface area contributed by atoms with Crippen LogP contribution in [0.1, 0.15) is 13.8 Å². The molecule has 0 heterocycles. The molecule has 5 heteroatoms. The van der Waals surface area contributed by atoms with Gasteiger partial charge in [0.15, 0.2) is 0 Å². The number of hydrogen-bond donors (Lipinski definition) is 3. The van der Waals surface area contributed by atoms with E-state index in [0.717, 1.165) is 12.2 Å². The summed E-state index contributed by atoms with van der Waals surface area (Å²) in [5.41, 5.74) is 5.09. The zero-order valence-corrected chi connectivity index (χ0v) is 7.70. The van der Waals surface area contributed by atoms with Gasteiger partial charge < -0.3 is 16.2 Å². The normalized spacial score (nSPS) is 11.6. The van der Waals surface area contributed by atoms with E-state index in [1.165, 1.54) is 0 Å². The summed E-state index contributed by atoms with van der Waals surface area (Å²) in [6.45, 7) is 3.82. The quantitative estimate of drug-likeness (QED) is 0.515. The van der Waals surface area contributed by atoms with Crippen LogP contribution < -0.4 is 11.1 Å². The minimum atomic E-state index is -1.15. The number of amides is 1. The zero-order chi connectivity index (χ0) is 10.5. The van der Waals surface area contributed by atoms with Gasteiger partial charge in [0.05, 0.1) is 0 Å². The molecule has 0 aromatic heterocycles. The number of carboxylic acid groups (broad SMARTS) is 1. The molecule has 0 aromatic rings. The van der Waals surface area contributed by atoms with E-state index in [1.54, 1.807) is 13.8 Å². The first kappa shape index (κ1) is 11.6. The number of aliphatic carboxylic acids is 1. The molecule has 4 N–H and O–H groups in total. The molecule has 0 aliphatic rings. The molecule has 0 bridgehead atoms. The van der Waals surface area contributed by atoms with Gasteiger partial charge in [0.2, 0.25) is 5.91 Å². The standard InChI is InChI=1S/C8H14N2O3/c1-8(2,9)5-10-6(11)3-4-7(12)13/h3-4H,5,9H2,1-2H3,(H,10,11)(H,12,13). The fourth-order valence-electron chi connectivity index (χ4n) is 0.521. The van der Waals surface area contributed by atoms with Crippen molar-refractivity contribution in [3.05, 3.63) is 12.2 Å². The Morgan fingerprint density at radius 2 is 2.00 bits per heavy atom. The van der Waals surface area contributed by atoms with E-state index in [9.17, 15) is 9.59 Å². The number of carboxylic acids is 1. The van der Waals surface area contributed by atoms with E-state index >= 15 is 0 Å². The first-order valence-corrected chi connectivity index (χ1v) is 3.79. The molecule has 0 fully saturated rings. The molecule has 0 saturated carbocycles. The number of nitrogens with two attached hydrogens (primary N) is 1. The lowest BCUT2D eigenvalue weighted by Crippen LogP contribution is -2.44. The van der Waals surface area contributed by atoms with Gasteiger partial charge in [-0.2, -0.15) is 0 Å². The number of rotatable bonds is 4. The second kappa shape index (κ2) is 4.61. The third-order valence-corrected chi connectivity index (χ3v) is 1.10. The van der Waals surface area contributed by atoms with Crippen molar-refractivity contribution < 1.29 is 14.7 Å². The van der Waals surface area contributed by atoms with Crippen LogP contribution in [0.5, 0.6) is 0 Å². The van der Waals surface area contributed by atoms with Crippen LogP contribution >= 0.6 is 0 Å². The van der Waals surface area contributed by atoms with Gasteiger partial charge in [0.1, 0.15) is 0 Å². The van der Waals surface area contributed by atoms with Gasteiger partial charge in [0, 0.05) is 24.2 Å². The molecule has 1 amide bonds. The molecular weight excluding hydrogens is 172 g/mol. The summed E-state index contributed by atoms with van der Waals surface area (Å²) in [5.74, 6) is -1.61. The molecule has 0 aromatic carbocycles. The fourth-order valence-corrected chi connectivity index (χ4v) is 0.521. The minimum absolute atomic E-state index is 0.301. The zero-order valence-electron chi connectivity index (χ0n) is 7.70. The molecule has 0 saturated heterocycles. The topological polar surface area (TPSA) is 92.4 Å². The first-order valence-electron chi connectivity index (χ1n) is 3.79.